The fraction of sp³-hybridized carbons (Fsp3) is 1.00. The van der Waals surface area contributed by atoms with Crippen molar-refractivity contribution in [3.8, 4) is 0 Å². The summed E-state index contributed by atoms with van der Waals surface area (Å²) in [5.74, 6) is 0. The van der Waals surface area contributed by atoms with Crippen LogP contribution >= 0.6 is 45.2 Å². The zero-order valence-electron chi connectivity index (χ0n) is 6.85. The third-order valence-corrected chi connectivity index (χ3v) is 2.09. The van der Waals surface area contributed by atoms with E-state index in [-0.39, 0.29) is 12.4 Å². The van der Waals surface area contributed by atoms with Gasteiger partial charge >= 0.3 is 0 Å². The van der Waals surface area contributed by atoms with Crippen molar-refractivity contribution in [2.24, 2.45) is 0 Å². The number of halogens is 2. The van der Waals surface area contributed by atoms with E-state index in [0.29, 0.717) is 0 Å². The average Bonchev–Trinajstić information content (AvgIpc) is 1.97. The van der Waals surface area contributed by atoms with Crippen molar-refractivity contribution in [2.45, 2.75) is 26.2 Å². The third-order valence-electron chi connectivity index (χ3n) is 0.931. The Kier molecular flexibility index (Phi) is 9.00. The predicted octanol–water partition coefficient (Wildman–Crippen LogP) is 2.62. The second kappa shape index (κ2) is 8.00. The van der Waals surface area contributed by atoms with Gasteiger partial charge in [0.2, 0.25) is 0 Å². The van der Waals surface area contributed by atoms with Gasteiger partial charge in [-0.05, 0) is 13.8 Å². The minimum absolute atomic E-state index is 0.0228. The van der Waals surface area contributed by atoms with Gasteiger partial charge in [0.15, 0.2) is 6.29 Å². The lowest BCUT2D eigenvalue weighted by molar-refractivity contribution is -0.142. The molecular formula is C7H14I2O2. The van der Waals surface area contributed by atoms with Crippen LogP contribution in [0.15, 0.2) is 0 Å². The van der Waals surface area contributed by atoms with Gasteiger partial charge in [-0.25, -0.2) is 0 Å². The maximum absolute atomic E-state index is 5.47. The average molecular weight is 384 g/mol. The highest BCUT2D eigenvalue weighted by atomic mass is 127. The fourth-order valence-corrected chi connectivity index (χ4v) is 1.32. The lowest BCUT2D eigenvalue weighted by Gasteiger charge is -2.17. The molecule has 0 radical (unpaired) electrons. The van der Waals surface area contributed by atoms with Gasteiger partial charge in [0.25, 0.3) is 0 Å². The minimum atomic E-state index is -0.0228. The lowest BCUT2D eigenvalue weighted by atomic mass is 10.5. The van der Waals surface area contributed by atoms with E-state index in [9.17, 15) is 0 Å². The maximum Gasteiger partial charge on any atom is 0.166 e. The Morgan fingerprint density at radius 3 is 2.27 bits per heavy atom. The number of alkyl halides is 2. The van der Waals surface area contributed by atoms with Crippen LogP contribution in [0.2, 0.25) is 0 Å². The Hall–Kier alpha value is 1.38. The van der Waals surface area contributed by atoms with Gasteiger partial charge in [-0.1, -0.05) is 45.2 Å². The first-order chi connectivity index (χ1) is 5.20. The van der Waals surface area contributed by atoms with E-state index < -0.39 is 0 Å². The van der Waals surface area contributed by atoms with Crippen LogP contribution < -0.4 is 0 Å². The summed E-state index contributed by atoms with van der Waals surface area (Å²) in [6.45, 7) is 4.82. The molecule has 0 saturated heterocycles. The maximum atomic E-state index is 5.47. The van der Waals surface area contributed by atoms with Crippen molar-refractivity contribution in [3.05, 3.63) is 0 Å². The van der Waals surface area contributed by atoms with Crippen LogP contribution in [0.3, 0.4) is 0 Å². The summed E-state index contributed by atoms with van der Waals surface area (Å²) in [4.78, 5) is 0. The van der Waals surface area contributed by atoms with E-state index >= 15 is 0 Å². The molecule has 0 aromatic rings. The molecule has 0 fully saturated rings. The molecule has 2 nitrogen and oxygen atoms in total. The smallest absolute Gasteiger partial charge is 0.166 e. The van der Waals surface area contributed by atoms with Crippen molar-refractivity contribution in [3.63, 3.8) is 0 Å². The topological polar surface area (TPSA) is 18.5 Å². The second-order valence-electron chi connectivity index (χ2n) is 2.33. The van der Waals surface area contributed by atoms with Crippen molar-refractivity contribution >= 4 is 45.2 Å². The van der Waals surface area contributed by atoms with E-state index in [1.165, 1.54) is 0 Å². The standard InChI is InChI=1S/C7H14I2O2/c1-6(2)11-7(5-9)10-4-3-8/h6-7H,3-5H2,1-2H3. The molecule has 0 aliphatic heterocycles. The molecule has 4 heteroatoms. The molecule has 1 atom stereocenters. The predicted molar refractivity (Wildman–Crippen MR) is 63.7 cm³/mol. The fourth-order valence-electron chi connectivity index (χ4n) is 0.600. The van der Waals surface area contributed by atoms with Crippen molar-refractivity contribution < 1.29 is 9.47 Å². The summed E-state index contributed by atoms with van der Waals surface area (Å²) >= 11 is 4.56. The summed E-state index contributed by atoms with van der Waals surface area (Å²) in [6.07, 6.45) is 0.231. The Bertz CT molecular complexity index is 88.5. The normalized spacial score (nSPS) is 13.9. The van der Waals surface area contributed by atoms with Crippen LogP contribution in [0.4, 0.5) is 0 Å². The summed E-state index contributed by atoms with van der Waals surface area (Å²) in [7, 11) is 0. The van der Waals surface area contributed by atoms with Crippen LogP contribution in [-0.4, -0.2) is 27.9 Å². The SMILES string of the molecule is CC(C)OC(CI)OCCI. The van der Waals surface area contributed by atoms with Gasteiger partial charge in [0.1, 0.15) is 0 Å². The molecule has 0 aliphatic rings. The molecule has 0 heterocycles. The zero-order valence-corrected chi connectivity index (χ0v) is 11.2. The van der Waals surface area contributed by atoms with E-state index in [4.69, 9.17) is 9.47 Å². The second-order valence-corrected chi connectivity index (χ2v) is 4.29. The van der Waals surface area contributed by atoms with Crippen LogP contribution in [0.1, 0.15) is 13.8 Å². The molecule has 0 aromatic carbocycles. The summed E-state index contributed by atoms with van der Waals surface area (Å²) in [5, 5.41) is 0. The first-order valence-corrected chi connectivity index (χ1v) is 6.64. The van der Waals surface area contributed by atoms with Crippen LogP contribution in [0.5, 0.6) is 0 Å². The molecule has 0 saturated carbocycles. The van der Waals surface area contributed by atoms with Crippen LogP contribution in [0.25, 0.3) is 0 Å². The Morgan fingerprint density at radius 2 is 1.91 bits per heavy atom. The van der Waals surface area contributed by atoms with Gasteiger partial charge in [0, 0.05) is 4.43 Å². The molecular weight excluding hydrogens is 370 g/mol. The molecule has 0 N–H and O–H groups in total. The third kappa shape index (κ3) is 7.73. The highest BCUT2D eigenvalue weighted by molar-refractivity contribution is 14.1. The first-order valence-electron chi connectivity index (χ1n) is 3.59. The van der Waals surface area contributed by atoms with E-state index in [1.54, 1.807) is 0 Å². The molecule has 1 unspecified atom stereocenters. The van der Waals surface area contributed by atoms with E-state index in [2.05, 4.69) is 45.2 Å². The highest BCUT2D eigenvalue weighted by Gasteiger charge is 2.08. The number of hydrogen-bond acceptors (Lipinski definition) is 2. The zero-order chi connectivity index (χ0) is 8.69. The van der Waals surface area contributed by atoms with Gasteiger partial charge in [-0.3, -0.25) is 0 Å². The summed E-state index contributed by atoms with van der Waals surface area (Å²) < 4.78 is 12.8. The summed E-state index contributed by atoms with van der Waals surface area (Å²) in [6, 6.07) is 0. The highest BCUT2D eigenvalue weighted by Crippen LogP contribution is 2.04. The molecule has 0 rings (SSSR count). The number of ether oxygens (including phenoxy) is 2. The first kappa shape index (κ1) is 12.4. The molecule has 0 spiro atoms. The van der Waals surface area contributed by atoms with Gasteiger partial charge in [-0.15, -0.1) is 0 Å². The van der Waals surface area contributed by atoms with Crippen molar-refractivity contribution in [1.82, 2.24) is 0 Å². The Morgan fingerprint density at radius 1 is 1.27 bits per heavy atom. The molecule has 0 aromatic heterocycles. The van der Waals surface area contributed by atoms with Crippen molar-refractivity contribution in [2.75, 3.05) is 15.5 Å². The number of rotatable bonds is 6. The molecule has 11 heavy (non-hydrogen) atoms. The lowest BCUT2D eigenvalue weighted by Crippen LogP contribution is -2.23. The Balaban J connectivity index is 3.41. The molecule has 68 valence electrons. The minimum Gasteiger partial charge on any atom is -0.351 e. The molecule has 0 bridgehead atoms. The van der Waals surface area contributed by atoms with E-state index in [1.807, 2.05) is 13.8 Å². The molecule has 0 aliphatic carbocycles. The Labute approximate surface area is 95.7 Å². The van der Waals surface area contributed by atoms with Crippen LogP contribution in [-0.2, 0) is 9.47 Å². The quantitative estimate of drug-likeness (QED) is 0.399. The van der Waals surface area contributed by atoms with E-state index in [0.717, 1.165) is 15.5 Å². The van der Waals surface area contributed by atoms with Gasteiger partial charge in [-0.2, -0.15) is 0 Å². The monoisotopic (exact) mass is 384 g/mol. The van der Waals surface area contributed by atoms with Gasteiger partial charge < -0.3 is 9.47 Å². The van der Waals surface area contributed by atoms with Gasteiger partial charge in [0.05, 0.1) is 17.1 Å². The van der Waals surface area contributed by atoms with Crippen LogP contribution in [0, 0.1) is 0 Å². The van der Waals surface area contributed by atoms with Crippen molar-refractivity contribution in [1.29, 1.82) is 0 Å². The summed E-state index contributed by atoms with van der Waals surface area (Å²) in [5.41, 5.74) is 0. The molecule has 0 amide bonds. The largest absolute Gasteiger partial charge is 0.351 e. The number of hydrogen-bond donors (Lipinski definition) is 0.